The first-order valence-corrected chi connectivity index (χ1v) is 7.91. The van der Waals surface area contributed by atoms with Crippen molar-refractivity contribution in [2.24, 2.45) is 0 Å². The number of nitrogens with one attached hydrogen (secondary N) is 2. The lowest BCUT2D eigenvalue weighted by molar-refractivity contribution is 0.0366. The third kappa shape index (κ3) is 4.29. The summed E-state index contributed by atoms with van der Waals surface area (Å²) in [4.78, 5) is 12.2. The molecule has 0 bridgehead atoms. The van der Waals surface area contributed by atoms with E-state index in [0.717, 1.165) is 11.3 Å². The first-order chi connectivity index (χ1) is 11.5. The van der Waals surface area contributed by atoms with Gasteiger partial charge in [-0.3, -0.25) is 0 Å². The van der Waals surface area contributed by atoms with Gasteiger partial charge in [-0.25, -0.2) is 4.79 Å². The van der Waals surface area contributed by atoms with Crippen LogP contribution in [-0.4, -0.2) is 24.8 Å². The second-order valence-corrected chi connectivity index (χ2v) is 5.78. The summed E-state index contributed by atoms with van der Waals surface area (Å²) in [5.41, 5.74) is -0.358. The second kappa shape index (κ2) is 7.88. The van der Waals surface area contributed by atoms with Crippen molar-refractivity contribution in [2.75, 3.05) is 13.7 Å². The summed E-state index contributed by atoms with van der Waals surface area (Å²) in [5.74, 6) is 1.13. The normalized spacial score (nSPS) is 14.5. The zero-order chi connectivity index (χ0) is 17.6. The number of methoxy groups -OCH3 is 1. The van der Waals surface area contributed by atoms with Crippen LogP contribution in [-0.2, 0) is 5.60 Å². The van der Waals surface area contributed by atoms with Gasteiger partial charge in [-0.1, -0.05) is 25.1 Å². The molecule has 0 saturated carbocycles. The van der Waals surface area contributed by atoms with E-state index in [-0.39, 0.29) is 18.6 Å². The van der Waals surface area contributed by atoms with Crippen LogP contribution >= 0.6 is 0 Å². The van der Waals surface area contributed by atoms with Crippen molar-refractivity contribution in [2.45, 2.75) is 31.9 Å². The number of urea groups is 1. The van der Waals surface area contributed by atoms with Crippen molar-refractivity contribution in [3.63, 3.8) is 0 Å². The maximum absolute atomic E-state index is 12.2. The van der Waals surface area contributed by atoms with Crippen LogP contribution in [0.1, 0.15) is 37.6 Å². The van der Waals surface area contributed by atoms with Crippen LogP contribution in [0.4, 0.5) is 4.79 Å². The second-order valence-electron chi connectivity index (χ2n) is 5.78. The van der Waals surface area contributed by atoms with Gasteiger partial charge in [0.15, 0.2) is 0 Å². The van der Waals surface area contributed by atoms with E-state index in [0.29, 0.717) is 12.2 Å². The SMILES string of the molecule is CC[C@@H](NC(=O)NC[C@](C)(O)c1ccco1)c1ccccc1OC. The number of ether oxygens (including phenoxy) is 1. The summed E-state index contributed by atoms with van der Waals surface area (Å²) in [5, 5.41) is 15.9. The highest BCUT2D eigenvalue weighted by Crippen LogP contribution is 2.26. The molecule has 2 aromatic rings. The van der Waals surface area contributed by atoms with Crippen LogP contribution in [0.3, 0.4) is 0 Å². The fourth-order valence-corrected chi connectivity index (χ4v) is 2.49. The van der Waals surface area contributed by atoms with Gasteiger partial charge in [-0.05, 0) is 31.5 Å². The van der Waals surface area contributed by atoms with Crippen LogP contribution in [0, 0.1) is 0 Å². The lowest BCUT2D eigenvalue weighted by atomic mass is 10.0. The maximum atomic E-state index is 12.2. The number of benzene rings is 1. The smallest absolute Gasteiger partial charge is 0.315 e. The van der Waals surface area contributed by atoms with Crippen LogP contribution in [0.25, 0.3) is 0 Å². The van der Waals surface area contributed by atoms with E-state index in [1.807, 2.05) is 31.2 Å². The topological polar surface area (TPSA) is 83.7 Å². The third-order valence-electron chi connectivity index (χ3n) is 3.87. The molecule has 0 aliphatic rings. The molecule has 1 aromatic heterocycles. The Kier molecular flexibility index (Phi) is 5.87. The van der Waals surface area contributed by atoms with E-state index in [1.54, 1.807) is 26.2 Å². The standard InChI is InChI=1S/C18H24N2O4/c1-4-14(13-8-5-6-9-15(13)23-3)20-17(21)19-12-18(2,22)16-10-7-11-24-16/h5-11,14,22H,4,12H2,1-3H3,(H2,19,20,21)/t14-,18+/m1/s1. The van der Waals surface area contributed by atoms with E-state index in [2.05, 4.69) is 10.6 Å². The van der Waals surface area contributed by atoms with Crippen molar-refractivity contribution < 1.29 is 19.1 Å². The quantitative estimate of drug-likeness (QED) is 0.728. The number of rotatable bonds is 7. The van der Waals surface area contributed by atoms with Crippen molar-refractivity contribution in [1.29, 1.82) is 0 Å². The molecule has 130 valence electrons. The molecule has 6 nitrogen and oxygen atoms in total. The largest absolute Gasteiger partial charge is 0.496 e. The van der Waals surface area contributed by atoms with Gasteiger partial charge in [-0.2, -0.15) is 0 Å². The molecule has 24 heavy (non-hydrogen) atoms. The Morgan fingerprint density at radius 1 is 1.33 bits per heavy atom. The number of hydrogen-bond acceptors (Lipinski definition) is 4. The first-order valence-electron chi connectivity index (χ1n) is 7.91. The van der Waals surface area contributed by atoms with Gasteiger partial charge in [0.1, 0.15) is 17.1 Å². The Morgan fingerprint density at radius 2 is 2.08 bits per heavy atom. The van der Waals surface area contributed by atoms with Gasteiger partial charge < -0.3 is 24.9 Å². The van der Waals surface area contributed by atoms with Crippen molar-refractivity contribution in [3.8, 4) is 5.75 Å². The van der Waals surface area contributed by atoms with Gasteiger partial charge >= 0.3 is 6.03 Å². The van der Waals surface area contributed by atoms with Crippen LogP contribution in [0.5, 0.6) is 5.75 Å². The Hall–Kier alpha value is -2.47. The van der Waals surface area contributed by atoms with Gasteiger partial charge in [-0.15, -0.1) is 0 Å². The van der Waals surface area contributed by atoms with E-state index < -0.39 is 5.60 Å². The Balaban J connectivity index is 1.97. The average Bonchev–Trinajstić information content (AvgIpc) is 3.13. The molecule has 0 spiro atoms. The number of hydrogen-bond donors (Lipinski definition) is 3. The fourth-order valence-electron chi connectivity index (χ4n) is 2.49. The molecular weight excluding hydrogens is 308 g/mol. The molecule has 6 heteroatoms. The molecular formula is C18H24N2O4. The molecule has 0 unspecified atom stereocenters. The van der Waals surface area contributed by atoms with Crippen LogP contribution in [0.2, 0.25) is 0 Å². The molecule has 2 rings (SSSR count). The predicted molar refractivity (Wildman–Crippen MR) is 90.8 cm³/mol. The Bertz CT molecular complexity index is 653. The predicted octanol–water partition coefficient (Wildman–Crippen LogP) is 2.95. The van der Waals surface area contributed by atoms with Gasteiger partial charge in [0.25, 0.3) is 0 Å². The number of carbonyl (C=O) groups excluding carboxylic acids is 1. The van der Waals surface area contributed by atoms with Crippen molar-refractivity contribution in [1.82, 2.24) is 10.6 Å². The summed E-state index contributed by atoms with van der Waals surface area (Å²) >= 11 is 0. The molecule has 0 saturated heterocycles. The number of carbonyl (C=O) groups is 1. The zero-order valence-electron chi connectivity index (χ0n) is 14.2. The van der Waals surface area contributed by atoms with E-state index in [9.17, 15) is 9.90 Å². The number of para-hydroxylation sites is 1. The minimum atomic E-state index is -1.27. The highest BCUT2D eigenvalue weighted by atomic mass is 16.5. The molecule has 2 amide bonds. The molecule has 1 aromatic carbocycles. The maximum Gasteiger partial charge on any atom is 0.315 e. The molecule has 0 aliphatic carbocycles. The molecule has 0 radical (unpaired) electrons. The summed E-state index contributed by atoms with van der Waals surface area (Å²) < 4.78 is 10.5. The third-order valence-corrected chi connectivity index (χ3v) is 3.87. The van der Waals surface area contributed by atoms with E-state index >= 15 is 0 Å². The Labute approximate surface area is 141 Å². The lowest BCUT2D eigenvalue weighted by Crippen LogP contribution is -2.44. The van der Waals surface area contributed by atoms with Crippen molar-refractivity contribution >= 4 is 6.03 Å². The average molecular weight is 332 g/mol. The van der Waals surface area contributed by atoms with Crippen LogP contribution in [0.15, 0.2) is 47.1 Å². The Morgan fingerprint density at radius 3 is 2.71 bits per heavy atom. The molecule has 0 aliphatic heterocycles. The van der Waals surface area contributed by atoms with Crippen molar-refractivity contribution in [3.05, 3.63) is 54.0 Å². The highest BCUT2D eigenvalue weighted by molar-refractivity contribution is 5.74. The van der Waals surface area contributed by atoms with Gasteiger partial charge in [0, 0.05) is 5.56 Å². The van der Waals surface area contributed by atoms with Gasteiger partial charge in [0.05, 0.1) is 26.0 Å². The van der Waals surface area contributed by atoms with Gasteiger partial charge in [0.2, 0.25) is 0 Å². The summed E-state index contributed by atoms with van der Waals surface area (Å²) in [6.07, 6.45) is 2.20. The summed E-state index contributed by atoms with van der Waals surface area (Å²) in [6, 6.07) is 10.4. The monoisotopic (exact) mass is 332 g/mol. The molecule has 1 heterocycles. The first kappa shape index (κ1) is 17.9. The van der Waals surface area contributed by atoms with Crippen LogP contribution < -0.4 is 15.4 Å². The molecule has 2 atom stereocenters. The minimum absolute atomic E-state index is 0.0364. The number of furan rings is 1. The molecule has 3 N–H and O–H groups in total. The zero-order valence-corrected chi connectivity index (χ0v) is 14.2. The molecule has 0 fully saturated rings. The number of aliphatic hydroxyl groups is 1. The van der Waals surface area contributed by atoms with E-state index in [1.165, 1.54) is 6.26 Å². The summed E-state index contributed by atoms with van der Waals surface area (Å²) in [6.45, 7) is 3.61. The minimum Gasteiger partial charge on any atom is -0.496 e. The fraction of sp³-hybridized carbons (Fsp3) is 0.389. The summed E-state index contributed by atoms with van der Waals surface area (Å²) in [7, 11) is 1.60. The lowest BCUT2D eigenvalue weighted by Gasteiger charge is -2.24. The van der Waals surface area contributed by atoms with E-state index in [4.69, 9.17) is 9.15 Å². The number of amides is 2. The highest BCUT2D eigenvalue weighted by Gasteiger charge is 2.27.